The van der Waals surface area contributed by atoms with Gasteiger partial charge in [-0.15, -0.1) is 24.0 Å². The summed E-state index contributed by atoms with van der Waals surface area (Å²) in [6.07, 6.45) is 1.61. The van der Waals surface area contributed by atoms with Gasteiger partial charge in [0.05, 0.1) is 19.7 Å². The lowest BCUT2D eigenvalue weighted by atomic mass is 9.81. The van der Waals surface area contributed by atoms with E-state index in [1.165, 1.54) is 0 Å². The Morgan fingerprint density at radius 3 is 2.57 bits per heavy atom. The highest BCUT2D eigenvalue weighted by atomic mass is 127. The van der Waals surface area contributed by atoms with Gasteiger partial charge in [0.15, 0.2) is 5.96 Å². The van der Waals surface area contributed by atoms with E-state index in [9.17, 15) is 9.90 Å². The molecule has 1 aromatic carbocycles. The van der Waals surface area contributed by atoms with Crippen LogP contribution >= 0.6 is 35.6 Å². The predicted octanol–water partition coefficient (Wildman–Crippen LogP) is 2.36. The number of nitrogens with one attached hydrogen (secondary N) is 1. The van der Waals surface area contributed by atoms with Gasteiger partial charge in [-0.05, 0) is 37.5 Å². The zero-order valence-corrected chi connectivity index (χ0v) is 20.6. The monoisotopic (exact) mass is 550 g/mol. The lowest BCUT2D eigenvalue weighted by molar-refractivity contribution is -0.135. The molecular weight excluding hydrogens is 519 g/mol. The minimum absolute atomic E-state index is 0. The lowest BCUT2D eigenvalue weighted by Crippen LogP contribution is -2.55. The SMILES string of the molecule is CCNC(=NCC1(CO)CCOCC1)N1CCN(Cc2ccc(Cl)cc2)C(=O)C1.I. The molecule has 0 bridgehead atoms. The molecule has 2 saturated heterocycles. The maximum atomic E-state index is 12.7. The fraction of sp³-hybridized carbons (Fsp3) is 0.619. The molecule has 3 rings (SSSR count). The number of rotatable bonds is 6. The highest BCUT2D eigenvalue weighted by molar-refractivity contribution is 14.0. The second-order valence-electron chi connectivity index (χ2n) is 7.80. The molecule has 2 heterocycles. The molecular formula is C21H32ClIN4O3. The van der Waals surface area contributed by atoms with Gasteiger partial charge in [0.25, 0.3) is 0 Å². The second kappa shape index (κ2) is 12.1. The number of nitrogens with zero attached hydrogens (tertiary/aromatic N) is 3. The van der Waals surface area contributed by atoms with Crippen LogP contribution in [-0.4, -0.2) is 79.3 Å². The number of hydrogen-bond donors (Lipinski definition) is 2. The topological polar surface area (TPSA) is 77.4 Å². The van der Waals surface area contributed by atoms with E-state index in [0.717, 1.165) is 37.5 Å². The third-order valence-electron chi connectivity index (χ3n) is 5.69. The second-order valence-corrected chi connectivity index (χ2v) is 8.24. The van der Waals surface area contributed by atoms with Gasteiger partial charge in [-0.1, -0.05) is 23.7 Å². The molecule has 7 nitrogen and oxygen atoms in total. The molecule has 2 aliphatic rings. The third-order valence-corrected chi connectivity index (χ3v) is 5.94. The predicted molar refractivity (Wildman–Crippen MR) is 129 cm³/mol. The summed E-state index contributed by atoms with van der Waals surface area (Å²) in [6.45, 7) is 6.97. The number of halogens is 2. The molecule has 2 aliphatic heterocycles. The summed E-state index contributed by atoms with van der Waals surface area (Å²) < 4.78 is 5.44. The third kappa shape index (κ3) is 6.70. The summed E-state index contributed by atoms with van der Waals surface area (Å²) in [6, 6.07) is 7.60. The molecule has 0 aromatic heterocycles. The van der Waals surface area contributed by atoms with Crippen LogP contribution in [0.1, 0.15) is 25.3 Å². The first-order valence-corrected chi connectivity index (χ1v) is 10.7. The van der Waals surface area contributed by atoms with Crippen molar-refractivity contribution in [3.05, 3.63) is 34.9 Å². The van der Waals surface area contributed by atoms with E-state index in [1.807, 2.05) is 41.0 Å². The van der Waals surface area contributed by atoms with Gasteiger partial charge >= 0.3 is 0 Å². The highest BCUT2D eigenvalue weighted by Crippen LogP contribution is 2.30. The van der Waals surface area contributed by atoms with Crippen LogP contribution in [0.15, 0.2) is 29.3 Å². The van der Waals surface area contributed by atoms with Crippen LogP contribution in [0.25, 0.3) is 0 Å². The first-order chi connectivity index (χ1) is 14.0. The van der Waals surface area contributed by atoms with Crippen LogP contribution in [0, 0.1) is 5.41 Å². The Hall–Kier alpha value is -1.10. The average molecular weight is 551 g/mol. The van der Waals surface area contributed by atoms with E-state index in [0.29, 0.717) is 44.4 Å². The maximum Gasteiger partial charge on any atom is 0.242 e. The minimum Gasteiger partial charge on any atom is -0.396 e. The van der Waals surface area contributed by atoms with Crippen molar-refractivity contribution in [1.29, 1.82) is 0 Å². The molecule has 0 aliphatic carbocycles. The number of aliphatic hydroxyl groups is 1. The Labute approximate surface area is 200 Å². The zero-order valence-electron chi connectivity index (χ0n) is 17.5. The molecule has 2 fully saturated rings. The van der Waals surface area contributed by atoms with Crippen molar-refractivity contribution in [2.24, 2.45) is 10.4 Å². The average Bonchev–Trinajstić information content (AvgIpc) is 2.75. The number of carbonyl (C=O) groups excluding carboxylic acids is 1. The number of aliphatic hydroxyl groups excluding tert-OH is 1. The minimum atomic E-state index is -0.223. The molecule has 1 amide bonds. The molecule has 0 radical (unpaired) electrons. The van der Waals surface area contributed by atoms with Crippen molar-refractivity contribution < 1.29 is 14.6 Å². The van der Waals surface area contributed by atoms with Crippen molar-refractivity contribution in [2.45, 2.75) is 26.3 Å². The van der Waals surface area contributed by atoms with Crippen LogP contribution in [0.2, 0.25) is 5.02 Å². The summed E-state index contributed by atoms with van der Waals surface area (Å²) in [7, 11) is 0. The fourth-order valence-corrected chi connectivity index (χ4v) is 3.83. The van der Waals surface area contributed by atoms with Gasteiger partial charge in [0.2, 0.25) is 5.91 Å². The Bertz CT molecular complexity index is 711. The summed E-state index contributed by atoms with van der Waals surface area (Å²) in [5.74, 6) is 0.825. The number of ether oxygens (including phenoxy) is 1. The number of piperazine rings is 1. The zero-order chi connectivity index (χ0) is 20.7. The number of aliphatic imine (C=N–C) groups is 1. The summed E-state index contributed by atoms with van der Waals surface area (Å²) >= 11 is 5.94. The van der Waals surface area contributed by atoms with Crippen LogP contribution in [0.3, 0.4) is 0 Å². The van der Waals surface area contributed by atoms with Crippen molar-refractivity contribution in [3.8, 4) is 0 Å². The Balaban J connectivity index is 0.00000320. The molecule has 30 heavy (non-hydrogen) atoms. The van der Waals surface area contributed by atoms with E-state index >= 15 is 0 Å². The van der Waals surface area contributed by atoms with E-state index in [2.05, 4.69) is 5.32 Å². The maximum absolute atomic E-state index is 12.7. The lowest BCUT2D eigenvalue weighted by Gasteiger charge is -2.37. The molecule has 1 aromatic rings. The van der Waals surface area contributed by atoms with Crippen molar-refractivity contribution in [3.63, 3.8) is 0 Å². The van der Waals surface area contributed by atoms with Crippen LogP contribution in [0.5, 0.6) is 0 Å². The standard InChI is InChI=1S/C21H31ClN4O3.HI/c1-2-23-20(24-15-21(16-27)7-11-29-12-8-21)26-10-9-25(19(28)14-26)13-17-3-5-18(22)6-4-17;/h3-6,27H,2,7-16H2,1H3,(H,23,24);1H. The summed E-state index contributed by atoms with van der Waals surface area (Å²) in [5, 5.41) is 13.9. The molecule has 0 saturated carbocycles. The van der Waals surface area contributed by atoms with Gasteiger partial charge in [-0.3, -0.25) is 9.79 Å². The van der Waals surface area contributed by atoms with Crippen molar-refractivity contribution in [2.75, 3.05) is 52.5 Å². The van der Waals surface area contributed by atoms with Crippen LogP contribution in [-0.2, 0) is 16.1 Å². The van der Waals surface area contributed by atoms with Gasteiger partial charge in [0.1, 0.15) is 0 Å². The van der Waals surface area contributed by atoms with E-state index in [1.54, 1.807) is 0 Å². The molecule has 168 valence electrons. The molecule has 9 heteroatoms. The Kier molecular flexibility index (Phi) is 10.1. The Morgan fingerprint density at radius 1 is 1.27 bits per heavy atom. The molecule has 0 atom stereocenters. The molecule has 0 spiro atoms. The van der Waals surface area contributed by atoms with Crippen LogP contribution in [0.4, 0.5) is 0 Å². The molecule has 0 unspecified atom stereocenters. The van der Waals surface area contributed by atoms with Gasteiger partial charge < -0.3 is 25.0 Å². The van der Waals surface area contributed by atoms with Crippen LogP contribution < -0.4 is 5.32 Å². The summed E-state index contributed by atoms with van der Waals surface area (Å²) in [4.78, 5) is 21.4. The smallest absolute Gasteiger partial charge is 0.242 e. The van der Waals surface area contributed by atoms with Crippen molar-refractivity contribution in [1.82, 2.24) is 15.1 Å². The molecule has 2 N–H and O–H groups in total. The number of hydrogen-bond acceptors (Lipinski definition) is 4. The summed E-state index contributed by atoms with van der Waals surface area (Å²) in [5.41, 5.74) is 0.848. The highest BCUT2D eigenvalue weighted by Gasteiger charge is 2.33. The first kappa shape index (κ1) is 25.2. The van der Waals surface area contributed by atoms with E-state index in [4.69, 9.17) is 21.3 Å². The van der Waals surface area contributed by atoms with Gasteiger partial charge in [-0.2, -0.15) is 0 Å². The van der Waals surface area contributed by atoms with Crippen molar-refractivity contribution >= 4 is 47.4 Å². The quantitative estimate of drug-likeness (QED) is 0.323. The number of amides is 1. The first-order valence-electron chi connectivity index (χ1n) is 10.3. The number of benzene rings is 1. The Morgan fingerprint density at radius 2 is 1.97 bits per heavy atom. The normalized spacial score (nSPS) is 19.4. The number of carbonyl (C=O) groups is 1. The van der Waals surface area contributed by atoms with E-state index in [-0.39, 0.29) is 41.9 Å². The van der Waals surface area contributed by atoms with Gasteiger partial charge in [0, 0.05) is 49.8 Å². The number of guanidine groups is 1. The largest absolute Gasteiger partial charge is 0.396 e. The fourth-order valence-electron chi connectivity index (χ4n) is 3.71. The van der Waals surface area contributed by atoms with Gasteiger partial charge in [-0.25, -0.2) is 0 Å². The van der Waals surface area contributed by atoms with E-state index < -0.39 is 0 Å².